The lowest BCUT2D eigenvalue weighted by Crippen LogP contribution is -2.34. The second kappa shape index (κ2) is 8.67. The van der Waals surface area contributed by atoms with Gasteiger partial charge >= 0.3 is 0 Å². The van der Waals surface area contributed by atoms with E-state index < -0.39 is 0 Å². The van der Waals surface area contributed by atoms with Crippen molar-refractivity contribution in [3.8, 4) is 17.2 Å². The van der Waals surface area contributed by atoms with Crippen molar-refractivity contribution < 1.29 is 14.3 Å². The summed E-state index contributed by atoms with van der Waals surface area (Å²) < 4.78 is 5.80. The Hall–Kier alpha value is -3.71. The van der Waals surface area contributed by atoms with Gasteiger partial charge in [-0.15, -0.1) is 0 Å². The molecule has 3 aromatic carbocycles. The normalized spacial score (nSPS) is 11.4. The van der Waals surface area contributed by atoms with Crippen LogP contribution < -0.4 is 10.6 Å². The number of anilines is 1. The van der Waals surface area contributed by atoms with E-state index in [1.54, 1.807) is 31.2 Å². The molecule has 6 nitrogen and oxygen atoms in total. The number of aromatic hydroxyl groups is 1. The number of nitrogens with zero attached hydrogens (tertiary/aromatic N) is 1. The predicted octanol–water partition coefficient (Wildman–Crippen LogP) is 5.93. The van der Waals surface area contributed by atoms with Crippen LogP contribution in [-0.4, -0.2) is 21.1 Å². The monoisotopic (exact) mass is 459 g/mol. The minimum absolute atomic E-state index is 0.00893. The van der Waals surface area contributed by atoms with E-state index >= 15 is 0 Å². The minimum atomic E-state index is -0.303. The van der Waals surface area contributed by atoms with Crippen molar-refractivity contribution in [3.05, 3.63) is 77.4 Å². The number of aryl methyl sites for hydroxylation is 1. The number of carbonyl (C=O) groups is 1. The van der Waals surface area contributed by atoms with Crippen LogP contribution in [0.5, 0.6) is 5.75 Å². The molecule has 4 aromatic rings. The molecule has 3 N–H and O–H groups in total. The zero-order valence-corrected chi connectivity index (χ0v) is 19.7. The molecule has 0 radical (unpaired) electrons. The third-order valence-corrected chi connectivity index (χ3v) is 5.53. The first kappa shape index (κ1) is 22.5. The number of oxazole rings is 1. The van der Waals surface area contributed by atoms with Crippen LogP contribution in [0.15, 0.2) is 65.1 Å². The van der Waals surface area contributed by atoms with Crippen molar-refractivity contribution in [1.82, 2.24) is 10.3 Å². The van der Waals surface area contributed by atoms with Gasteiger partial charge in [0, 0.05) is 11.3 Å². The van der Waals surface area contributed by atoms with Gasteiger partial charge in [-0.1, -0.05) is 45.0 Å². The van der Waals surface area contributed by atoms with E-state index in [0.29, 0.717) is 39.4 Å². The molecule has 0 atom stereocenters. The lowest BCUT2D eigenvalue weighted by molar-refractivity contribution is 0.0977. The lowest BCUT2D eigenvalue weighted by atomic mass is 9.87. The number of phenolic OH excluding ortho intramolecular Hbond substituents is 1. The average molecular weight is 460 g/mol. The number of hydrogen-bond acceptors (Lipinski definition) is 5. The molecule has 0 aliphatic rings. The predicted molar refractivity (Wildman–Crippen MR) is 135 cm³/mol. The summed E-state index contributed by atoms with van der Waals surface area (Å²) in [6.45, 7) is 8.13. The van der Waals surface area contributed by atoms with Crippen LogP contribution in [-0.2, 0) is 5.41 Å². The fourth-order valence-electron chi connectivity index (χ4n) is 3.46. The van der Waals surface area contributed by atoms with Crippen LogP contribution in [0.1, 0.15) is 42.3 Å². The molecule has 0 aliphatic carbocycles. The number of thiocarbonyl (C=S) groups is 1. The third kappa shape index (κ3) is 4.88. The third-order valence-electron chi connectivity index (χ3n) is 5.32. The molecule has 0 spiro atoms. The maximum Gasteiger partial charge on any atom is 0.257 e. The zero-order valence-electron chi connectivity index (χ0n) is 18.9. The quantitative estimate of drug-likeness (QED) is 0.260. The van der Waals surface area contributed by atoms with Crippen molar-refractivity contribution >= 4 is 40.0 Å². The molecule has 1 heterocycles. The van der Waals surface area contributed by atoms with Gasteiger partial charge < -0.3 is 14.8 Å². The Morgan fingerprint density at radius 1 is 1.06 bits per heavy atom. The van der Waals surface area contributed by atoms with Crippen molar-refractivity contribution in [2.45, 2.75) is 33.1 Å². The molecule has 0 saturated heterocycles. The number of aromatic nitrogens is 1. The zero-order chi connectivity index (χ0) is 23.8. The Morgan fingerprint density at radius 2 is 1.76 bits per heavy atom. The first-order chi connectivity index (χ1) is 15.6. The smallest absolute Gasteiger partial charge is 0.257 e. The highest BCUT2D eigenvalue weighted by Crippen LogP contribution is 2.36. The first-order valence-corrected chi connectivity index (χ1v) is 10.9. The highest BCUT2D eigenvalue weighted by atomic mass is 32.1. The fraction of sp³-hybridized carbons (Fsp3) is 0.192. The van der Waals surface area contributed by atoms with Crippen LogP contribution in [0.3, 0.4) is 0 Å². The fourth-order valence-corrected chi connectivity index (χ4v) is 3.67. The Bertz CT molecular complexity index is 1320. The second-order valence-corrected chi connectivity index (χ2v) is 9.32. The van der Waals surface area contributed by atoms with Gasteiger partial charge in [-0.2, -0.15) is 0 Å². The summed E-state index contributed by atoms with van der Waals surface area (Å²) in [4.78, 5) is 17.1. The van der Waals surface area contributed by atoms with Crippen molar-refractivity contribution in [2.24, 2.45) is 0 Å². The second-order valence-electron chi connectivity index (χ2n) is 8.91. The van der Waals surface area contributed by atoms with Gasteiger partial charge in [0.1, 0.15) is 11.3 Å². The van der Waals surface area contributed by atoms with Gasteiger partial charge in [0.2, 0.25) is 5.89 Å². The van der Waals surface area contributed by atoms with Gasteiger partial charge in [-0.05, 0) is 72.1 Å². The Kier molecular flexibility index (Phi) is 5.91. The van der Waals surface area contributed by atoms with Crippen LogP contribution in [0.4, 0.5) is 5.69 Å². The number of phenols is 1. The van der Waals surface area contributed by atoms with E-state index in [-0.39, 0.29) is 22.2 Å². The number of carbonyl (C=O) groups excluding carboxylic acids is 1. The van der Waals surface area contributed by atoms with Crippen molar-refractivity contribution in [2.75, 3.05) is 5.32 Å². The summed E-state index contributed by atoms with van der Waals surface area (Å²) >= 11 is 5.34. The SMILES string of the molecule is Cc1cc(NC(=S)NC(=O)c2ccc(C(C)(C)C)cc2)cc(-c2nc3ccccc3o2)c1O. The highest BCUT2D eigenvalue weighted by Gasteiger charge is 2.17. The summed E-state index contributed by atoms with van der Waals surface area (Å²) in [5.74, 6) is 0.0676. The van der Waals surface area contributed by atoms with Crippen molar-refractivity contribution in [1.29, 1.82) is 0 Å². The molecule has 7 heteroatoms. The standard InChI is InChI=1S/C26H25N3O3S/c1-15-13-18(14-19(22(15)30)24-28-20-7-5-6-8-21(20)32-24)27-25(33)29-23(31)16-9-11-17(12-10-16)26(2,3)4/h5-14,30H,1-4H3,(H2,27,29,31,33). The molecule has 33 heavy (non-hydrogen) atoms. The van der Waals surface area contributed by atoms with Gasteiger partial charge in [-0.3, -0.25) is 10.1 Å². The number of amides is 1. The number of para-hydroxylation sites is 2. The molecule has 0 saturated carbocycles. The number of benzene rings is 3. The van der Waals surface area contributed by atoms with Gasteiger partial charge in [-0.25, -0.2) is 4.98 Å². The van der Waals surface area contributed by atoms with Gasteiger partial charge in [0.15, 0.2) is 10.7 Å². The molecule has 4 rings (SSSR count). The number of nitrogens with one attached hydrogen (secondary N) is 2. The molecule has 0 unspecified atom stereocenters. The highest BCUT2D eigenvalue weighted by molar-refractivity contribution is 7.80. The van der Waals surface area contributed by atoms with E-state index in [0.717, 1.165) is 5.56 Å². The lowest BCUT2D eigenvalue weighted by Gasteiger charge is -2.19. The Morgan fingerprint density at radius 3 is 2.42 bits per heavy atom. The summed E-state index contributed by atoms with van der Waals surface area (Å²) in [7, 11) is 0. The average Bonchev–Trinajstić information content (AvgIpc) is 3.19. The molecule has 0 aliphatic heterocycles. The number of hydrogen-bond donors (Lipinski definition) is 3. The summed E-state index contributed by atoms with van der Waals surface area (Å²) in [6.07, 6.45) is 0. The van der Waals surface area contributed by atoms with E-state index in [9.17, 15) is 9.90 Å². The van der Waals surface area contributed by atoms with Crippen LogP contribution in [0.2, 0.25) is 0 Å². The van der Waals surface area contributed by atoms with Gasteiger partial charge in [0.05, 0.1) is 5.56 Å². The van der Waals surface area contributed by atoms with E-state index in [2.05, 4.69) is 36.4 Å². The molecule has 1 aromatic heterocycles. The van der Waals surface area contributed by atoms with Crippen LogP contribution in [0, 0.1) is 6.92 Å². The van der Waals surface area contributed by atoms with Crippen LogP contribution >= 0.6 is 12.2 Å². The van der Waals surface area contributed by atoms with E-state index in [4.69, 9.17) is 16.6 Å². The summed E-state index contributed by atoms with van der Waals surface area (Å²) in [6, 6.07) is 18.3. The molecule has 0 fully saturated rings. The minimum Gasteiger partial charge on any atom is -0.507 e. The number of rotatable bonds is 3. The van der Waals surface area contributed by atoms with E-state index in [1.807, 2.05) is 36.4 Å². The van der Waals surface area contributed by atoms with E-state index in [1.165, 1.54) is 0 Å². The topological polar surface area (TPSA) is 87.4 Å². The maximum absolute atomic E-state index is 12.6. The molecule has 1 amide bonds. The first-order valence-electron chi connectivity index (χ1n) is 10.5. The number of fused-ring (bicyclic) bond motifs is 1. The Labute approximate surface area is 197 Å². The molecule has 168 valence electrons. The molecular weight excluding hydrogens is 434 g/mol. The molecule has 0 bridgehead atoms. The largest absolute Gasteiger partial charge is 0.507 e. The summed E-state index contributed by atoms with van der Waals surface area (Å²) in [5, 5.41) is 16.4. The summed E-state index contributed by atoms with van der Waals surface area (Å²) in [5.41, 5.74) is 4.63. The van der Waals surface area contributed by atoms with Crippen LogP contribution in [0.25, 0.3) is 22.6 Å². The van der Waals surface area contributed by atoms with Crippen molar-refractivity contribution in [3.63, 3.8) is 0 Å². The maximum atomic E-state index is 12.6. The van der Waals surface area contributed by atoms with Gasteiger partial charge in [0.25, 0.3) is 5.91 Å². The Balaban J connectivity index is 1.51. The molecular formula is C26H25N3O3S.